The normalized spacial score (nSPS) is 15.8. The molecule has 1 aliphatic heterocycles. The van der Waals surface area contributed by atoms with E-state index >= 15 is 0 Å². The first-order chi connectivity index (χ1) is 12.8. The summed E-state index contributed by atoms with van der Waals surface area (Å²) in [5, 5.41) is -0.0998. The van der Waals surface area contributed by atoms with E-state index in [0.29, 0.717) is 12.8 Å². The van der Waals surface area contributed by atoms with Crippen LogP contribution in [0.5, 0.6) is 0 Å². The van der Waals surface area contributed by atoms with Crippen molar-refractivity contribution in [3.8, 4) is 0 Å². The predicted molar refractivity (Wildman–Crippen MR) is 92.0 cm³/mol. The summed E-state index contributed by atoms with van der Waals surface area (Å²) in [5.74, 6) is -1.37. The molecule has 8 heteroatoms. The summed E-state index contributed by atoms with van der Waals surface area (Å²) in [5.41, 5.74) is -1.25. The maximum atomic E-state index is 13.7. The molecule has 0 atom stereocenters. The third kappa shape index (κ3) is 3.89. The Bertz CT molecular complexity index is 859. The van der Waals surface area contributed by atoms with Gasteiger partial charge in [0.15, 0.2) is 0 Å². The van der Waals surface area contributed by atoms with Crippen molar-refractivity contribution in [3.63, 3.8) is 0 Å². The molecule has 0 radical (unpaired) electrons. The summed E-state index contributed by atoms with van der Waals surface area (Å²) >= 11 is 0. The number of carbonyl (C=O) groups excluding carboxylic acids is 2. The average Bonchev–Trinajstić information content (AvgIpc) is 2.66. The van der Waals surface area contributed by atoms with E-state index in [4.69, 9.17) is 4.74 Å². The Kier molecular flexibility index (Phi) is 5.34. The van der Waals surface area contributed by atoms with Crippen molar-refractivity contribution in [1.29, 1.82) is 0 Å². The van der Waals surface area contributed by atoms with E-state index < -0.39 is 23.2 Å². The Morgan fingerprint density at radius 1 is 1.22 bits per heavy atom. The predicted octanol–water partition coefficient (Wildman–Crippen LogP) is 3.67. The number of nitrogens with zero attached hydrogens (tertiary/aromatic N) is 2. The smallest absolute Gasteiger partial charge is 0.417 e. The quantitative estimate of drug-likeness (QED) is 0.763. The van der Waals surface area contributed by atoms with Crippen molar-refractivity contribution in [2.24, 2.45) is 5.92 Å². The number of aromatic nitrogens is 1. The topological polar surface area (TPSA) is 59.5 Å². The van der Waals surface area contributed by atoms with Gasteiger partial charge >= 0.3 is 12.1 Å². The van der Waals surface area contributed by atoms with E-state index in [0.717, 1.165) is 6.20 Å². The Morgan fingerprint density at radius 3 is 2.52 bits per heavy atom. The monoisotopic (exact) mass is 380 g/mol. The number of esters is 1. The van der Waals surface area contributed by atoms with Crippen LogP contribution in [0.1, 0.15) is 35.7 Å². The summed E-state index contributed by atoms with van der Waals surface area (Å²) in [4.78, 5) is 29.9. The maximum absolute atomic E-state index is 13.7. The van der Waals surface area contributed by atoms with E-state index in [2.05, 4.69) is 4.98 Å². The van der Waals surface area contributed by atoms with Crippen LogP contribution in [0.2, 0.25) is 0 Å². The van der Waals surface area contributed by atoms with Crippen molar-refractivity contribution >= 4 is 22.8 Å². The highest BCUT2D eigenvalue weighted by molar-refractivity contribution is 6.00. The number of alkyl halides is 3. The number of fused-ring (bicyclic) bond motifs is 1. The second-order valence-electron chi connectivity index (χ2n) is 6.38. The largest absolute Gasteiger partial charge is 0.466 e. The Balaban J connectivity index is 1.88. The summed E-state index contributed by atoms with van der Waals surface area (Å²) in [6.07, 6.45) is -2.96. The molecular formula is C19H19F3N2O3. The first kappa shape index (κ1) is 19.1. The third-order valence-corrected chi connectivity index (χ3v) is 4.69. The van der Waals surface area contributed by atoms with Crippen LogP contribution < -0.4 is 0 Å². The Hall–Kier alpha value is -2.64. The van der Waals surface area contributed by atoms with Crippen LogP contribution in [-0.2, 0) is 15.7 Å². The molecule has 0 saturated carbocycles. The number of benzene rings is 1. The van der Waals surface area contributed by atoms with Gasteiger partial charge in [0.1, 0.15) is 0 Å². The summed E-state index contributed by atoms with van der Waals surface area (Å²) in [6, 6.07) is 5.87. The first-order valence-corrected chi connectivity index (χ1v) is 8.73. The van der Waals surface area contributed by atoms with Crippen LogP contribution >= 0.6 is 0 Å². The number of pyridine rings is 1. The van der Waals surface area contributed by atoms with Crippen LogP contribution in [-0.4, -0.2) is 41.5 Å². The molecule has 1 fully saturated rings. The number of carbonyl (C=O) groups is 2. The van der Waals surface area contributed by atoms with Crippen LogP contribution in [0.15, 0.2) is 30.5 Å². The molecule has 0 spiro atoms. The molecule has 0 unspecified atom stereocenters. The van der Waals surface area contributed by atoms with Crippen molar-refractivity contribution in [1.82, 2.24) is 9.88 Å². The Labute approximate surface area is 154 Å². The average molecular weight is 380 g/mol. The van der Waals surface area contributed by atoms with Gasteiger partial charge in [0.25, 0.3) is 5.91 Å². The van der Waals surface area contributed by atoms with Crippen LogP contribution in [0.25, 0.3) is 10.9 Å². The lowest BCUT2D eigenvalue weighted by Gasteiger charge is -2.31. The van der Waals surface area contributed by atoms with Gasteiger partial charge in [0.05, 0.1) is 29.2 Å². The lowest BCUT2D eigenvalue weighted by Crippen LogP contribution is -2.41. The molecule has 5 nitrogen and oxygen atoms in total. The molecule has 0 N–H and O–H groups in total. The van der Waals surface area contributed by atoms with Crippen molar-refractivity contribution in [2.75, 3.05) is 19.7 Å². The lowest BCUT2D eigenvalue weighted by molar-refractivity contribution is -0.149. The molecule has 3 rings (SSSR count). The molecule has 2 heterocycles. The second-order valence-corrected chi connectivity index (χ2v) is 6.38. The van der Waals surface area contributed by atoms with Gasteiger partial charge in [0, 0.05) is 24.7 Å². The number of amides is 1. The minimum Gasteiger partial charge on any atom is -0.466 e. The van der Waals surface area contributed by atoms with E-state index in [9.17, 15) is 22.8 Å². The zero-order chi connectivity index (χ0) is 19.6. The molecule has 0 bridgehead atoms. The minimum absolute atomic E-state index is 0.0998. The van der Waals surface area contributed by atoms with E-state index in [1.54, 1.807) is 13.0 Å². The zero-order valence-corrected chi connectivity index (χ0v) is 14.8. The van der Waals surface area contributed by atoms with Gasteiger partial charge in [-0.2, -0.15) is 13.2 Å². The molecule has 1 amide bonds. The number of likely N-dealkylation sites (tertiary alicyclic amines) is 1. The second kappa shape index (κ2) is 7.54. The highest BCUT2D eigenvalue weighted by Gasteiger charge is 2.39. The molecule has 1 saturated heterocycles. The standard InChI is InChI=1S/C19H19F3N2O3/c1-2-27-18(26)12-7-9-24(10-8-12)17(25)14-11-23-15-6-4-3-5-13(15)16(14)19(20,21)22/h3-6,11-12H,2,7-10H2,1H3. The van der Waals surface area contributed by atoms with E-state index in [-0.39, 0.29) is 42.5 Å². The molecule has 144 valence electrons. The summed E-state index contributed by atoms with van der Waals surface area (Å²) in [7, 11) is 0. The van der Waals surface area contributed by atoms with Gasteiger partial charge < -0.3 is 9.64 Å². The fourth-order valence-electron chi connectivity index (χ4n) is 3.36. The van der Waals surface area contributed by atoms with Gasteiger partial charge in [0.2, 0.25) is 0 Å². The summed E-state index contributed by atoms with van der Waals surface area (Å²) in [6.45, 7) is 2.39. The number of hydrogen-bond donors (Lipinski definition) is 0. The molecule has 1 aliphatic rings. The van der Waals surface area contributed by atoms with Gasteiger partial charge in [-0.15, -0.1) is 0 Å². The summed E-state index contributed by atoms with van der Waals surface area (Å²) < 4.78 is 46.1. The van der Waals surface area contributed by atoms with Crippen LogP contribution in [0, 0.1) is 5.92 Å². The minimum atomic E-state index is -4.68. The van der Waals surface area contributed by atoms with Crippen molar-refractivity contribution in [2.45, 2.75) is 25.9 Å². The van der Waals surface area contributed by atoms with Crippen LogP contribution in [0.4, 0.5) is 13.2 Å². The molecule has 2 aromatic rings. The first-order valence-electron chi connectivity index (χ1n) is 8.73. The zero-order valence-electron chi connectivity index (χ0n) is 14.8. The highest BCUT2D eigenvalue weighted by Crippen LogP contribution is 2.37. The maximum Gasteiger partial charge on any atom is 0.417 e. The van der Waals surface area contributed by atoms with Crippen molar-refractivity contribution in [3.05, 3.63) is 41.6 Å². The molecule has 27 heavy (non-hydrogen) atoms. The molecule has 1 aromatic carbocycles. The molecular weight excluding hydrogens is 361 g/mol. The van der Waals surface area contributed by atoms with E-state index in [1.165, 1.54) is 23.1 Å². The molecule has 0 aliphatic carbocycles. The van der Waals surface area contributed by atoms with Crippen molar-refractivity contribution < 1.29 is 27.5 Å². The fourth-order valence-corrected chi connectivity index (χ4v) is 3.36. The Morgan fingerprint density at radius 2 is 1.89 bits per heavy atom. The van der Waals surface area contributed by atoms with E-state index in [1.807, 2.05) is 0 Å². The number of piperidine rings is 1. The van der Waals surface area contributed by atoms with Crippen LogP contribution in [0.3, 0.4) is 0 Å². The lowest BCUT2D eigenvalue weighted by atomic mass is 9.95. The number of halogens is 3. The number of rotatable bonds is 3. The number of para-hydroxylation sites is 1. The molecule has 1 aromatic heterocycles. The van der Waals surface area contributed by atoms with Gasteiger partial charge in [-0.1, -0.05) is 18.2 Å². The van der Waals surface area contributed by atoms with Gasteiger partial charge in [-0.05, 0) is 25.8 Å². The highest BCUT2D eigenvalue weighted by atomic mass is 19.4. The van der Waals surface area contributed by atoms with Gasteiger partial charge in [-0.25, -0.2) is 0 Å². The third-order valence-electron chi connectivity index (χ3n) is 4.69. The number of ether oxygens (including phenoxy) is 1. The SMILES string of the molecule is CCOC(=O)C1CCN(C(=O)c2cnc3ccccc3c2C(F)(F)F)CC1. The number of hydrogen-bond acceptors (Lipinski definition) is 4. The fraction of sp³-hybridized carbons (Fsp3) is 0.421. The van der Waals surface area contributed by atoms with Gasteiger partial charge in [-0.3, -0.25) is 14.6 Å².